The van der Waals surface area contributed by atoms with Crippen LogP contribution in [0.5, 0.6) is 11.8 Å². The second-order valence-electron chi connectivity index (χ2n) is 18.2. The van der Waals surface area contributed by atoms with Crippen molar-refractivity contribution < 1.29 is 27.4 Å². The number of fused-ring (bicyclic) bond motifs is 3. The highest BCUT2D eigenvalue weighted by Gasteiger charge is 2.56. The van der Waals surface area contributed by atoms with E-state index in [1.54, 1.807) is 18.3 Å². The van der Waals surface area contributed by atoms with Crippen molar-refractivity contribution in [3.63, 3.8) is 0 Å². The smallest absolute Gasteiger partial charge is 0.319 e. The van der Waals surface area contributed by atoms with Gasteiger partial charge in [0.05, 0.1) is 17.0 Å². The van der Waals surface area contributed by atoms with Crippen molar-refractivity contribution in [2.75, 3.05) is 51.6 Å². The molecule has 5 heterocycles. The zero-order valence-electron chi connectivity index (χ0n) is 36.6. The van der Waals surface area contributed by atoms with E-state index in [0.717, 1.165) is 64.7 Å². The third-order valence-corrected chi connectivity index (χ3v) is 18.5. The van der Waals surface area contributed by atoms with E-state index in [1.807, 2.05) is 13.0 Å². The van der Waals surface area contributed by atoms with Crippen LogP contribution in [0.1, 0.15) is 71.8 Å². The van der Waals surface area contributed by atoms with Crippen LogP contribution < -0.4 is 24.7 Å². The van der Waals surface area contributed by atoms with Gasteiger partial charge in [-0.25, -0.2) is 8.78 Å². The number of nitrogens with zero attached hydrogens (tertiary/aromatic N) is 5. The average molecular weight is 858 g/mol. The Labute approximate surface area is 364 Å². The molecule has 0 unspecified atom stereocenters. The third-order valence-electron chi connectivity index (χ3n) is 13.4. The molecule has 0 N–H and O–H groups in total. The van der Waals surface area contributed by atoms with Gasteiger partial charge in [0.2, 0.25) is 0 Å². The molecule has 0 saturated carbocycles. The molecule has 3 aliphatic heterocycles. The van der Waals surface area contributed by atoms with E-state index in [4.69, 9.17) is 33.6 Å². The maximum absolute atomic E-state index is 17.5. The largest absolute Gasteiger partial charge is 0.468 e. The van der Waals surface area contributed by atoms with E-state index < -0.39 is 14.1 Å². The second kappa shape index (κ2) is 17.3. The summed E-state index contributed by atoms with van der Waals surface area (Å²) < 4.78 is 58.3. The summed E-state index contributed by atoms with van der Waals surface area (Å²) in [5.41, 5.74) is 0.783. The molecule has 62 heavy (non-hydrogen) atoms. The van der Waals surface area contributed by atoms with E-state index in [-0.39, 0.29) is 46.5 Å². The molecule has 0 bridgehead atoms. The molecule has 324 valence electrons. The normalized spacial score (nSPS) is 19.7. The van der Waals surface area contributed by atoms with Crippen molar-refractivity contribution >= 4 is 46.2 Å². The summed E-state index contributed by atoms with van der Waals surface area (Å²) in [5, 5.41) is 4.19. The first-order valence-corrected chi connectivity index (χ1v) is 24.1. The molecule has 0 aliphatic carbocycles. The fraction of sp³-hybridized carbons (Fsp3) is 0.420. The van der Waals surface area contributed by atoms with E-state index in [1.165, 1.54) is 23.5 Å². The average Bonchev–Trinajstić information content (AvgIpc) is 3.84. The zero-order valence-corrected chi connectivity index (χ0v) is 37.6. The number of piperidine rings is 1. The van der Waals surface area contributed by atoms with Crippen LogP contribution >= 0.6 is 0 Å². The van der Waals surface area contributed by atoms with Crippen LogP contribution in [0.3, 0.4) is 0 Å². The van der Waals surface area contributed by atoms with E-state index in [2.05, 4.69) is 91.2 Å². The second-order valence-corrected chi connectivity index (χ2v) is 22.5. The monoisotopic (exact) mass is 857 g/mol. The van der Waals surface area contributed by atoms with Crippen molar-refractivity contribution in [1.82, 2.24) is 19.9 Å². The van der Waals surface area contributed by atoms with Gasteiger partial charge >= 0.3 is 6.01 Å². The van der Waals surface area contributed by atoms with Gasteiger partial charge in [-0.05, 0) is 101 Å². The van der Waals surface area contributed by atoms with Gasteiger partial charge in [0.1, 0.15) is 35.2 Å². The minimum absolute atomic E-state index is 0.00122. The minimum atomic E-state index is -2.80. The summed E-state index contributed by atoms with van der Waals surface area (Å²) in [6.07, 6.45) is 7.99. The lowest BCUT2D eigenvalue weighted by Crippen LogP contribution is -2.67. The highest BCUT2D eigenvalue weighted by atomic mass is 28.4. The minimum Gasteiger partial charge on any atom is -0.468 e. The Hall–Kier alpha value is -5.01. The first-order valence-electron chi connectivity index (χ1n) is 22.2. The molecule has 12 heteroatoms. The predicted octanol–water partition coefficient (Wildman–Crippen LogP) is 9.22. The zero-order chi connectivity index (χ0) is 43.1. The van der Waals surface area contributed by atoms with E-state index in [0.29, 0.717) is 51.9 Å². The van der Waals surface area contributed by atoms with Gasteiger partial charge in [0, 0.05) is 38.5 Å². The highest BCUT2D eigenvalue weighted by Crippen LogP contribution is 2.45. The molecule has 2 aromatic heterocycles. The molecule has 0 radical (unpaired) electrons. The molecular formula is C50H57F2N5O4Si. The van der Waals surface area contributed by atoms with Crippen molar-refractivity contribution in [1.29, 1.82) is 0 Å². The first kappa shape index (κ1) is 42.3. The number of pyridine rings is 1. The number of ether oxygens (including phenoxy) is 3. The van der Waals surface area contributed by atoms with Crippen LogP contribution in [-0.2, 0) is 15.6 Å². The summed E-state index contributed by atoms with van der Waals surface area (Å²) >= 11 is 0. The SMILES string of the molecule is CCc1c(F)ccc2cc(OCOC)cc(-c3ncc4c(N5CCCCC5)nc(OC[C@@]56CCCN5C[C@H](O[Si](c5ccccc5)(c5ccccc5)C(C)(C)C)C6)nc4c3F)c12. The maximum Gasteiger partial charge on any atom is 0.319 e. The molecule has 4 aromatic carbocycles. The van der Waals surface area contributed by atoms with Gasteiger partial charge in [-0.15, -0.1) is 0 Å². The van der Waals surface area contributed by atoms with Crippen LogP contribution in [-0.4, -0.2) is 86.5 Å². The number of aromatic nitrogens is 3. The van der Waals surface area contributed by atoms with Crippen LogP contribution in [0, 0.1) is 11.6 Å². The number of hydrogen-bond donors (Lipinski definition) is 0. The topological polar surface area (TPSA) is 82.1 Å². The number of hydrogen-bond acceptors (Lipinski definition) is 9. The molecule has 0 amide bonds. The molecule has 0 spiro atoms. The number of rotatable bonds is 13. The van der Waals surface area contributed by atoms with Gasteiger partial charge in [-0.3, -0.25) is 9.88 Å². The number of aryl methyl sites for hydroxylation is 1. The van der Waals surface area contributed by atoms with E-state index in [9.17, 15) is 0 Å². The Balaban J connectivity index is 1.09. The summed E-state index contributed by atoms with van der Waals surface area (Å²) in [5.74, 6) is 0.0962. The molecule has 9 rings (SSSR count). The first-order chi connectivity index (χ1) is 30.0. The quantitative estimate of drug-likeness (QED) is 0.0835. The Morgan fingerprint density at radius 2 is 1.58 bits per heavy atom. The number of methoxy groups -OCH3 is 1. The summed E-state index contributed by atoms with van der Waals surface area (Å²) in [4.78, 5) is 19.4. The summed E-state index contributed by atoms with van der Waals surface area (Å²) in [6.45, 7) is 12.5. The lowest BCUT2D eigenvalue weighted by molar-refractivity contribution is 0.0512. The Kier molecular flexibility index (Phi) is 11.8. The number of halogens is 2. The van der Waals surface area contributed by atoms with Crippen molar-refractivity contribution in [2.45, 2.75) is 89.3 Å². The maximum atomic E-state index is 17.5. The molecule has 2 atom stereocenters. The highest BCUT2D eigenvalue weighted by molar-refractivity contribution is 6.99. The van der Waals surface area contributed by atoms with Gasteiger partial charge < -0.3 is 23.5 Å². The van der Waals surface area contributed by atoms with Crippen LogP contribution in [0.25, 0.3) is 32.9 Å². The van der Waals surface area contributed by atoms with Crippen molar-refractivity contribution in [3.8, 4) is 23.0 Å². The molecule has 3 fully saturated rings. The van der Waals surface area contributed by atoms with Crippen LogP contribution in [0.15, 0.2) is 91.1 Å². The molecule has 9 nitrogen and oxygen atoms in total. The van der Waals surface area contributed by atoms with Gasteiger partial charge in [-0.1, -0.05) is 94.4 Å². The number of benzene rings is 4. The number of anilines is 1. The summed E-state index contributed by atoms with van der Waals surface area (Å²) in [7, 11) is -1.26. The van der Waals surface area contributed by atoms with Crippen molar-refractivity contribution in [2.24, 2.45) is 0 Å². The Morgan fingerprint density at radius 1 is 0.855 bits per heavy atom. The fourth-order valence-corrected chi connectivity index (χ4v) is 15.2. The van der Waals surface area contributed by atoms with Gasteiger partial charge in [-0.2, -0.15) is 9.97 Å². The standard InChI is InChI=1S/C50H57F2N5O4Si/c1-6-39-42(51)22-21-34-27-35(60-33-58-5)28-40(43(34)39)45-44(52)46-41(30-53-45)47(56-24-14-9-15-25-56)55-48(54-46)59-32-50-23-16-26-57(50)31-36(29-50)61-62(49(2,3)4,37-17-10-7-11-18-37)38-19-12-8-13-20-38/h7-8,10-13,17-22,27-28,30,36H,6,9,14-16,23-26,29,31-33H2,1-5H3/t36-,50+/m1/s1. The van der Waals surface area contributed by atoms with Crippen molar-refractivity contribution in [3.05, 3.63) is 108 Å². The Morgan fingerprint density at radius 3 is 2.26 bits per heavy atom. The van der Waals surface area contributed by atoms with E-state index >= 15 is 8.78 Å². The molecular weight excluding hydrogens is 801 g/mol. The third kappa shape index (κ3) is 7.62. The lowest BCUT2D eigenvalue weighted by Gasteiger charge is -2.44. The van der Waals surface area contributed by atoms with Gasteiger partial charge in [0.15, 0.2) is 12.6 Å². The molecule has 3 saturated heterocycles. The lowest BCUT2D eigenvalue weighted by atomic mass is 9.94. The molecule has 6 aromatic rings. The molecule has 3 aliphatic rings. The van der Waals surface area contributed by atoms with Gasteiger partial charge in [0.25, 0.3) is 8.32 Å². The van der Waals surface area contributed by atoms with Crippen LogP contribution in [0.4, 0.5) is 14.6 Å². The fourth-order valence-electron chi connectivity index (χ4n) is 10.5. The Bertz CT molecular complexity index is 2510. The summed E-state index contributed by atoms with van der Waals surface area (Å²) in [6, 6.07) is 28.4. The van der Waals surface area contributed by atoms with Crippen LogP contribution in [0.2, 0.25) is 5.04 Å². The predicted molar refractivity (Wildman–Crippen MR) is 244 cm³/mol.